The first kappa shape index (κ1) is 21.6. The lowest BCUT2D eigenvalue weighted by molar-refractivity contribution is 0.0657. The third-order valence-electron chi connectivity index (χ3n) is 5.11. The van der Waals surface area contributed by atoms with Crippen molar-refractivity contribution >= 4 is 58.1 Å². The monoisotopic (exact) mass is 525 g/mol. The van der Waals surface area contributed by atoms with E-state index in [2.05, 4.69) is 37.6 Å². The van der Waals surface area contributed by atoms with E-state index < -0.39 is 0 Å². The molecule has 0 radical (unpaired) electrons. The fraction of sp³-hybridized carbons (Fsp3) is 0.350. The number of carbonyl (C=O) groups excluding carboxylic acids is 2. The van der Waals surface area contributed by atoms with Crippen LogP contribution in [0.1, 0.15) is 20.7 Å². The Morgan fingerprint density at radius 2 is 1.69 bits per heavy atom. The van der Waals surface area contributed by atoms with Gasteiger partial charge in [-0.05, 0) is 29.6 Å². The highest BCUT2D eigenvalue weighted by Gasteiger charge is 2.34. The number of aliphatic imine (C=N–C) groups is 1. The third-order valence-corrected chi connectivity index (χ3v) is 6.03. The van der Waals surface area contributed by atoms with Crippen LogP contribution in [-0.4, -0.2) is 73.9 Å². The Morgan fingerprint density at radius 1 is 1.03 bits per heavy atom. The average Bonchev–Trinajstić information content (AvgIpc) is 3.35. The van der Waals surface area contributed by atoms with E-state index in [-0.39, 0.29) is 35.8 Å². The largest absolute Gasteiger partial charge is 0.360 e. The number of piperazine rings is 1. The number of fused-ring (bicyclic) bond motifs is 1. The highest BCUT2D eigenvalue weighted by Crippen LogP contribution is 2.23. The van der Waals surface area contributed by atoms with E-state index >= 15 is 0 Å². The average molecular weight is 525 g/mol. The number of benzene rings is 1. The molecule has 29 heavy (non-hydrogen) atoms. The normalized spacial score (nSPS) is 16.7. The molecule has 7 nitrogen and oxygen atoms in total. The summed E-state index contributed by atoms with van der Waals surface area (Å²) >= 11 is 1.76. The molecule has 1 aromatic heterocycles. The number of hydrogen-bond donors (Lipinski definition) is 1. The van der Waals surface area contributed by atoms with Crippen molar-refractivity contribution < 1.29 is 9.59 Å². The molecule has 2 aliphatic heterocycles. The Hall–Kier alpha value is -2.14. The van der Waals surface area contributed by atoms with Crippen LogP contribution in [0.15, 0.2) is 46.8 Å². The van der Waals surface area contributed by atoms with Crippen LogP contribution in [0.25, 0.3) is 0 Å². The molecular weight excluding hydrogens is 501 g/mol. The van der Waals surface area contributed by atoms with Gasteiger partial charge in [-0.3, -0.25) is 19.5 Å². The molecule has 0 bridgehead atoms. The Bertz CT molecular complexity index is 859. The van der Waals surface area contributed by atoms with Crippen molar-refractivity contribution in [3.63, 3.8) is 0 Å². The molecule has 2 amide bonds. The fourth-order valence-electron chi connectivity index (χ4n) is 3.64. The number of imide groups is 1. The van der Waals surface area contributed by atoms with Gasteiger partial charge in [0, 0.05) is 46.3 Å². The predicted molar refractivity (Wildman–Crippen MR) is 127 cm³/mol. The SMILES string of the molecule is CN=C(NCCN1C(=O)c2ccccc2C1=O)N1CCN(c2cccs2)CC1.I. The van der Waals surface area contributed by atoms with E-state index in [4.69, 9.17) is 0 Å². The maximum atomic E-state index is 12.4. The highest BCUT2D eigenvalue weighted by atomic mass is 127. The van der Waals surface area contributed by atoms with Crippen LogP contribution in [-0.2, 0) is 0 Å². The van der Waals surface area contributed by atoms with Gasteiger partial charge in [-0.1, -0.05) is 12.1 Å². The number of halogens is 1. The number of amides is 2. The van der Waals surface area contributed by atoms with Crippen LogP contribution >= 0.6 is 35.3 Å². The Kier molecular flexibility index (Phi) is 7.12. The van der Waals surface area contributed by atoms with E-state index in [0.29, 0.717) is 24.2 Å². The van der Waals surface area contributed by atoms with Crippen molar-refractivity contribution in [3.8, 4) is 0 Å². The molecule has 1 saturated heterocycles. The number of guanidine groups is 1. The molecule has 1 aromatic carbocycles. The lowest BCUT2D eigenvalue weighted by Gasteiger charge is -2.37. The van der Waals surface area contributed by atoms with Gasteiger partial charge in [0.2, 0.25) is 0 Å². The van der Waals surface area contributed by atoms with E-state index in [1.54, 1.807) is 42.6 Å². The lowest BCUT2D eigenvalue weighted by atomic mass is 10.1. The van der Waals surface area contributed by atoms with Gasteiger partial charge in [-0.15, -0.1) is 35.3 Å². The lowest BCUT2D eigenvalue weighted by Crippen LogP contribution is -2.53. The van der Waals surface area contributed by atoms with Gasteiger partial charge in [-0.2, -0.15) is 0 Å². The minimum absolute atomic E-state index is 0. The van der Waals surface area contributed by atoms with Crippen LogP contribution in [0, 0.1) is 0 Å². The van der Waals surface area contributed by atoms with Crippen LogP contribution in [0.5, 0.6) is 0 Å². The Balaban J connectivity index is 0.00000240. The molecule has 2 aromatic rings. The molecule has 0 atom stereocenters. The number of nitrogens with zero attached hydrogens (tertiary/aromatic N) is 4. The van der Waals surface area contributed by atoms with E-state index in [9.17, 15) is 9.59 Å². The first-order valence-electron chi connectivity index (χ1n) is 9.38. The standard InChI is InChI=1S/C20H23N5O2S.HI/c1-21-20(24-12-10-23(11-13-24)17-7-4-14-28-17)22-8-9-25-18(26)15-5-2-3-6-16(15)19(25)27;/h2-7,14H,8-13H2,1H3,(H,21,22);1H. The summed E-state index contributed by atoms with van der Waals surface area (Å²) in [6.07, 6.45) is 0. The number of rotatable bonds is 4. The minimum Gasteiger partial charge on any atom is -0.360 e. The quantitative estimate of drug-likeness (QED) is 0.288. The predicted octanol–water partition coefficient (Wildman–Crippen LogP) is 2.36. The van der Waals surface area contributed by atoms with Gasteiger partial charge < -0.3 is 15.1 Å². The highest BCUT2D eigenvalue weighted by molar-refractivity contribution is 14.0. The van der Waals surface area contributed by atoms with Crippen molar-refractivity contribution in [2.75, 3.05) is 51.2 Å². The molecule has 9 heteroatoms. The molecule has 1 N–H and O–H groups in total. The van der Waals surface area contributed by atoms with Crippen molar-refractivity contribution in [2.24, 2.45) is 4.99 Å². The summed E-state index contributed by atoms with van der Waals surface area (Å²) in [5.74, 6) is 0.367. The second kappa shape index (κ2) is 9.57. The molecule has 1 fully saturated rings. The van der Waals surface area contributed by atoms with Gasteiger partial charge >= 0.3 is 0 Å². The third kappa shape index (κ3) is 4.40. The van der Waals surface area contributed by atoms with Crippen LogP contribution in [0.3, 0.4) is 0 Å². The summed E-state index contributed by atoms with van der Waals surface area (Å²) < 4.78 is 0. The Morgan fingerprint density at radius 3 is 2.24 bits per heavy atom. The molecular formula is C20H24IN5O2S. The molecule has 4 rings (SSSR count). The number of nitrogens with one attached hydrogen (secondary N) is 1. The maximum absolute atomic E-state index is 12.4. The van der Waals surface area contributed by atoms with E-state index in [1.807, 2.05) is 0 Å². The number of anilines is 1. The van der Waals surface area contributed by atoms with Crippen molar-refractivity contribution in [2.45, 2.75) is 0 Å². The summed E-state index contributed by atoms with van der Waals surface area (Å²) in [6, 6.07) is 11.2. The summed E-state index contributed by atoms with van der Waals surface area (Å²) in [4.78, 5) is 35.1. The van der Waals surface area contributed by atoms with E-state index in [1.165, 1.54) is 9.90 Å². The van der Waals surface area contributed by atoms with Crippen LogP contribution in [0.2, 0.25) is 0 Å². The zero-order valence-corrected chi connectivity index (χ0v) is 19.4. The van der Waals surface area contributed by atoms with Crippen molar-refractivity contribution in [1.82, 2.24) is 15.1 Å². The van der Waals surface area contributed by atoms with Crippen LogP contribution < -0.4 is 10.2 Å². The summed E-state index contributed by atoms with van der Waals surface area (Å²) in [6.45, 7) is 4.44. The first-order chi connectivity index (χ1) is 13.7. The number of thiophene rings is 1. The molecule has 0 saturated carbocycles. The van der Waals surface area contributed by atoms with Crippen molar-refractivity contribution in [1.29, 1.82) is 0 Å². The number of carbonyl (C=O) groups is 2. The van der Waals surface area contributed by atoms with Gasteiger partial charge in [0.05, 0.1) is 16.1 Å². The van der Waals surface area contributed by atoms with E-state index in [0.717, 1.165) is 32.1 Å². The molecule has 0 spiro atoms. The number of hydrogen-bond acceptors (Lipinski definition) is 5. The summed E-state index contributed by atoms with van der Waals surface area (Å²) in [7, 11) is 1.76. The first-order valence-corrected chi connectivity index (χ1v) is 10.3. The van der Waals surface area contributed by atoms with Gasteiger partial charge in [-0.25, -0.2) is 0 Å². The molecule has 3 heterocycles. The summed E-state index contributed by atoms with van der Waals surface area (Å²) in [5, 5.41) is 6.70. The molecule has 154 valence electrons. The van der Waals surface area contributed by atoms with Gasteiger partial charge in [0.1, 0.15) is 0 Å². The second-order valence-electron chi connectivity index (χ2n) is 6.71. The smallest absolute Gasteiger partial charge is 0.261 e. The Labute approximate surface area is 191 Å². The zero-order chi connectivity index (χ0) is 19.5. The van der Waals surface area contributed by atoms with Crippen LogP contribution in [0.4, 0.5) is 5.00 Å². The van der Waals surface area contributed by atoms with Gasteiger partial charge in [0.25, 0.3) is 11.8 Å². The molecule has 0 unspecified atom stereocenters. The van der Waals surface area contributed by atoms with Gasteiger partial charge in [0.15, 0.2) is 5.96 Å². The van der Waals surface area contributed by atoms with Crippen molar-refractivity contribution in [3.05, 3.63) is 52.9 Å². The topological polar surface area (TPSA) is 68.2 Å². The zero-order valence-electron chi connectivity index (χ0n) is 16.2. The maximum Gasteiger partial charge on any atom is 0.261 e. The fourth-order valence-corrected chi connectivity index (χ4v) is 4.43. The molecule has 0 aliphatic carbocycles. The summed E-state index contributed by atoms with van der Waals surface area (Å²) in [5.41, 5.74) is 0.975. The molecule has 2 aliphatic rings. The second-order valence-corrected chi connectivity index (χ2v) is 7.63. The minimum atomic E-state index is -0.220.